The van der Waals surface area contributed by atoms with Crippen molar-refractivity contribution in [3.05, 3.63) is 62.7 Å². The number of nitro benzene ring substituents is 1. The highest BCUT2D eigenvalue weighted by atomic mass is 35.5. The second-order valence-electron chi connectivity index (χ2n) is 4.73. The Morgan fingerprint density at radius 1 is 1.20 bits per heavy atom. The summed E-state index contributed by atoms with van der Waals surface area (Å²) < 4.78 is 10.3. The highest BCUT2D eigenvalue weighted by molar-refractivity contribution is 6.33. The summed E-state index contributed by atoms with van der Waals surface area (Å²) in [5.41, 5.74) is 2.97. The highest BCUT2D eigenvalue weighted by Crippen LogP contribution is 2.32. The molecule has 8 nitrogen and oxygen atoms in total. The normalized spacial score (nSPS) is 10.5. The van der Waals surface area contributed by atoms with Gasteiger partial charge < -0.3 is 9.47 Å². The first kappa shape index (κ1) is 18.2. The zero-order chi connectivity index (χ0) is 18.4. The van der Waals surface area contributed by atoms with Gasteiger partial charge in [0.25, 0.3) is 11.6 Å². The lowest BCUT2D eigenvalue weighted by atomic mass is 10.2. The van der Waals surface area contributed by atoms with E-state index in [1.54, 1.807) is 12.1 Å². The lowest BCUT2D eigenvalue weighted by molar-refractivity contribution is -0.384. The Hall–Kier alpha value is -3.13. The fraction of sp³-hybridized carbons (Fsp3) is 0.125. The van der Waals surface area contributed by atoms with Crippen LogP contribution in [0, 0.1) is 10.1 Å². The number of rotatable bonds is 6. The smallest absolute Gasteiger partial charge is 0.271 e. The third-order valence-corrected chi connectivity index (χ3v) is 3.54. The SMILES string of the molecule is COc1cc(Cl)c(/C=N\NC(=O)c2ccc([N+](=O)[O-])cc2)cc1OC. The van der Waals surface area contributed by atoms with Crippen LogP contribution >= 0.6 is 11.6 Å². The molecule has 2 rings (SSSR count). The maximum absolute atomic E-state index is 12.0. The number of benzene rings is 2. The molecule has 1 N–H and O–H groups in total. The van der Waals surface area contributed by atoms with Gasteiger partial charge in [-0.15, -0.1) is 0 Å². The molecular formula is C16H14ClN3O5. The number of halogens is 1. The second-order valence-corrected chi connectivity index (χ2v) is 5.14. The van der Waals surface area contributed by atoms with Gasteiger partial charge in [-0.1, -0.05) is 11.6 Å². The average Bonchev–Trinajstić information content (AvgIpc) is 2.62. The Morgan fingerprint density at radius 3 is 2.36 bits per heavy atom. The van der Waals surface area contributed by atoms with Gasteiger partial charge in [0, 0.05) is 29.3 Å². The Kier molecular flexibility index (Phi) is 5.91. The number of hydrogen-bond donors (Lipinski definition) is 1. The summed E-state index contributed by atoms with van der Waals surface area (Å²) in [7, 11) is 2.98. The fourth-order valence-electron chi connectivity index (χ4n) is 1.93. The van der Waals surface area contributed by atoms with Gasteiger partial charge in [-0.3, -0.25) is 14.9 Å². The largest absolute Gasteiger partial charge is 0.493 e. The molecule has 0 heterocycles. The first-order valence-electron chi connectivity index (χ1n) is 6.95. The topological polar surface area (TPSA) is 103 Å². The summed E-state index contributed by atoms with van der Waals surface area (Å²) in [6.45, 7) is 0. The van der Waals surface area contributed by atoms with Crippen LogP contribution in [-0.2, 0) is 0 Å². The molecule has 0 spiro atoms. The molecule has 0 aliphatic heterocycles. The van der Waals surface area contributed by atoms with Crippen LogP contribution in [0.2, 0.25) is 5.02 Å². The van der Waals surface area contributed by atoms with Gasteiger partial charge >= 0.3 is 0 Å². The molecule has 0 saturated carbocycles. The minimum Gasteiger partial charge on any atom is -0.493 e. The van der Waals surface area contributed by atoms with Crippen molar-refractivity contribution in [2.24, 2.45) is 5.10 Å². The standard InChI is InChI=1S/C16H14ClN3O5/c1-24-14-7-11(13(17)8-15(14)25-2)9-18-19-16(21)10-3-5-12(6-4-10)20(22)23/h3-9H,1-2H3,(H,19,21)/b18-9-. The molecule has 0 atom stereocenters. The number of nitrogens with zero attached hydrogens (tertiary/aromatic N) is 2. The van der Waals surface area contributed by atoms with E-state index in [2.05, 4.69) is 10.5 Å². The average molecular weight is 364 g/mol. The summed E-state index contributed by atoms with van der Waals surface area (Å²) in [6.07, 6.45) is 1.35. The van der Waals surface area contributed by atoms with E-state index in [1.165, 1.54) is 44.7 Å². The number of carbonyl (C=O) groups excluding carboxylic acids is 1. The van der Waals surface area contributed by atoms with Gasteiger partial charge in [0.05, 0.1) is 30.4 Å². The first-order chi connectivity index (χ1) is 12.0. The molecule has 0 bridgehead atoms. The monoisotopic (exact) mass is 363 g/mol. The number of hydrazone groups is 1. The molecule has 0 aromatic heterocycles. The van der Waals surface area contributed by atoms with Crippen LogP contribution in [0.5, 0.6) is 11.5 Å². The van der Waals surface area contributed by atoms with Gasteiger partial charge in [-0.25, -0.2) is 5.43 Å². The van der Waals surface area contributed by atoms with E-state index >= 15 is 0 Å². The molecule has 2 aromatic carbocycles. The Balaban J connectivity index is 2.10. The number of nitrogens with one attached hydrogen (secondary N) is 1. The Bertz CT molecular complexity index is 821. The summed E-state index contributed by atoms with van der Waals surface area (Å²) in [4.78, 5) is 22.0. The van der Waals surface area contributed by atoms with E-state index in [-0.39, 0.29) is 11.3 Å². The van der Waals surface area contributed by atoms with Crippen molar-refractivity contribution in [2.75, 3.05) is 14.2 Å². The van der Waals surface area contributed by atoms with Crippen molar-refractivity contribution < 1.29 is 19.2 Å². The van der Waals surface area contributed by atoms with Crippen LogP contribution < -0.4 is 14.9 Å². The maximum Gasteiger partial charge on any atom is 0.271 e. The van der Waals surface area contributed by atoms with E-state index in [0.717, 1.165) is 0 Å². The molecule has 0 aliphatic carbocycles. The molecule has 0 unspecified atom stereocenters. The van der Waals surface area contributed by atoms with Crippen molar-refractivity contribution in [1.82, 2.24) is 5.43 Å². The van der Waals surface area contributed by atoms with Gasteiger partial charge in [-0.05, 0) is 18.2 Å². The van der Waals surface area contributed by atoms with Crippen molar-refractivity contribution in [3.8, 4) is 11.5 Å². The molecule has 130 valence electrons. The highest BCUT2D eigenvalue weighted by Gasteiger charge is 2.10. The van der Waals surface area contributed by atoms with E-state index in [9.17, 15) is 14.9 Å². The zero-order valence-electron chi connectivity index (χ0n) is 13.4. The van der Waals surface area contributed by atoms with E-state index in [1.807, 2.05) is 0 Å². The van der Waals surface area contributed by atoms with Crippen LogP contribution in [0.3, 0.4) is 0 Å². The minimum absolute atomic E-state index is 0.0999. The molecule has 0 radical (unpaired) electrons. The molecule has 0 fully saturated rings. The molecule has 2 aromatic rings. The third-order valence-electron chi connectivity index (χ3n) is 3.21. The van der Waals surface area contributed by atoms with Crippen LogP contribution in [0.1, 0.15) is 15.9 Å². The predicted molar refractivity (Wildman–Crippen MR) is 92.7 cm³/mol. The van der Waals surface area contributed by atoms with Crippen LogP contribution in [0.4, 0.5) is 5.69 Å². The van der Waals surface area contributed by atoms with Gasteiger partial charge in [0.15, 0.2) is 11.5 Å². The molecule has 9 heteroatoms. The second kappa shape index (κ2) is 8.11. The van der Waals surface area contributed by atoms with Gasteiger partial charge in [0.2, 0.25) is 0 Å². The van der Waals surface area contributed by atoms with Crippen molar-refractivity contribution in [2.45, 2.75) is 0 Å². The summed E-state index contributed by atoms with van der Waals surface area (Å²) >= 11 is 6.11. The van der Waals surface area contributed by atoms with Crippen molar-refractivity contribution in [3.63, 3.8) is 0 Å². The number of non-ortho nitro benzene ring substituents is 1. The van der Waals surface area contributed by atoms with Crippen molar-refractivity contribution >= 4 is 29.4 Å². The zero-order valence-corrected chi connectivity index (χ0v) is 14.1. The van der Waals surface area contributed by atoms with Crippen LogP contribution in [0.25, 0.3) is 0 Å². The number of ether oxygens (including phenoxy) is 2. The Labute approximate surface area is 148 Å². The summed E-state index contributed by atoms with van der Waals surface area (Å²) in [5.74, 6) is 0.428. The van der Waals surface area contributed by atoms with Crippen LogP contribution in [0.15, 0.2) is 41.5 Å². The summed E-state index contributed by atoms with van der Waals surface area (Å²) in [5, 5.41) is 14.8. The number of methoxy groups -OCH3 is 2. The number of hydrogen-bond acceptors (Lipinski definition) is 6. The number of amides is 1. The lowest BCUT2D eigenvalue weighted by Crippen LogP contribution is -2.17. The first-order valence-corrected chi connectivity index (χ1v) is 7.33. The molecule has 1 amide bonds. The number of nitro groups is 1. The van der Waals surface area contributed by atoms with Crippen LogP contribution in [-0.4, -0.2) is 31.3 Å². The van der Waals surface area contributed by atoms with E-state index in [0.29, 0.717) is 22.1 Å². The third kappa shape index (κ3) is 4.45. The van der Waals surface area contributed by atoms with Crippen molar-refractivity contribution in [1.29, 1.82) is 0 Å². The van der Waals surface area contributed by atoms with E-state index in [4.69, 9.17) is 21.1 Å². The molecule has 0 saturated heterocycles. The molecular weight excluding hydrogens is 350 g/mol. The number of carbonyl (C=O) groups is 1. The molecule has 0 aliphatic rings. The predicted octanol–water partition coefficient (Wildman–Crippen LogP) is 3.03. The maximum atomic E-state index is 12.0. The minimum atomic E-state index is -0.543. The molecule has 25 heavy (non-hydrogen) atoms. The lowest BCUT2D eigenvalue weighted by Gasteiger charge is -2.09. The Morgan fingerprint density at radius 2 is 1.80 bits per heavy atom. The summed E-state index contributed by atoms with van der Waals surface area (Å²) in [6, 6.07) is 8.34. The van der Waals surface area contributed by atoms with Gasteiger partial charge in [-0.2, -0.15) is 5.10 Å². The van der Waals surface area contributed by atoms with E-state index < -0.39 is 10.8 Å². The fourth-order valence-corrected chi connectivity index (χ4v) is 2.13. The quantitative estimate of drug-likeness (QED) is 0.482. The van der Waals surface area contributed by atoms with Gasteiger partial charge in [0.1, 0.15) is 0 Å².